The lowest BCUT2D eigenvalue weighted by Crippen LogP contribution is -2.45. The number of benzene rings is 2. The summed E-state index contributed by atoms with van der Waals surface area (Å²) in [4.78, 5) is 38.6. The molecule has 2 atom stereocenters. The van der Waals surface area contributed by atoms with E-state index in [1.807, 2.05) is 6.07 Å². The number of rotatable bonds is 7. The van der Waals surface area contributed by atoms with E-state index in [1.54, 1.807) is 29.2 Å². The van der Waals surface area contributed by atoms with Gasteiger partial charge < -0.3 is 29.5 Å². The molecule has 3 aliphatic heterocycles. The normalized spacial score (nSPS) is 22.0. The standard InChI is InChI=1S/C29H34FN5O4/c1-32-9-11-33(12-10-32)7-4-8-34-28(37)25-15-21-20-16-26(39-2)22(30)17-23(20)31-27(21)24(35(25)29(34)38)14-18-5-3-6-19(36)13-18/h3,5-6,13,16-17,24-25,31,36H,4,7-12,14-15H2,1-2H3/t24?,25-/m0/s1. The molecule has 6 rings (SSSR count). The number of methoxy groups -OCH3 is 1. The van der Waals surface area contributed by atoms with Gasteiger partial charge in [0.2, 0.25) is 0 Å². The number of amides is 3. The van der Waals surface area contributed by atoms with E-state index >= 15 is 0 Å². The molecule has 39 heavy (non-hydrogen) atoms. The summed E-state index contributed by atoms with van der Waals surface area (Å²) in [5, 5.41) is 10.9. The van der Waals surface area contributed by atoms with Gasteiger partial charge in [0.1, 0.15) is 11.8 Å². The number of carbonyl (C=O) groups excluding carboxylic acids is 2. The van der Waals surface area contributed by atoms with E-state index in [9.17, 15) is 19.1 Å². The van der Waals surface area contributed by atoms with Crippen LogP contribution in [-0.2, 0) is 17.6 Å². The summed E-state index contributed by atoms with van der Waals surface area (Å²) < 4.78 is 19.8. The van der Waals surface area contributed by atoms with Gasteiger partial charge in [-0.3, -0.25) is 9.69 Å². The molecule has 0 radical (unpaired) electrons. The molecular formula is C29H34FN5O4. The minimum absolute atomic E-state index is 0.135. The van der Waals surface area contributed by atoms with Crippen molar-refractivity contribution in [2.24, 2.45) is 0 Å². The van der Waals surface area contributed by atoms with Gasteiger partial charge in [-0.1, -0.05) is 12.1 Å². The summed E-state index contributed by atoms with van der Waals surface area (Å²) in [6.45, 7) is 5.25. The Balaban J connectivity index is 1.31. The molecule has 2 fully saturated rings. The minimum Gasteiger partial charge on any atom is -0.508 e. The van der Waals surface area contributed by atoms with Gasteiger partial charge >= 0.3 is 6.03 Å². The fourth-order valence-electron chi connectivity index (χ4n) is 6.30. The third-order valence-corrected chi connectivity index (χ3v) is 8.41. The van der Waals surface area contributed by atoms with Crippen LogP contribution in [0.4, 0.5) is 9.18 Å². The third kappa shape index (κ3) is 4.61. The van der Waals surface area contributed by atoms with Crippen molar-refractivity contribution in [3.63, 3.8) is 0 Å². The Hall–Kier alpha value is -3.63. The molecule has 206 valence electrons. The van der Waals surface area contributed by atoms with E-state index in [-0.39, 0.29) is 23.4 Å². The van der Waals surface area contributed by atoms with E-state index in [0.717, 1.165) is 61.4 Å². The van der Waals surface area contributed by atoms with Crippen molar-refractivity contribution < 1.29 is 23.8 Å². The molecule has 4 heterocycles. The number of aromatic nitrogens is 1. The molecule has 3 amide bonds. The van der Waals surface area contributed by atoms with Crippen molar-refractivity contribution in [2.45, 2.75) is 31.3 Å². The summed E-state index contributed by atoms with van der Waals surface area (Å²) in [5.41, 5.74) is 3.12. The van der Waals surface area contributed by atoms with Crippen LogP contribution in [0.1, 0.15) is 29.3 Å². The van der Waals surface area contributed by atoms with Crippen molar-refractivity contribution in [2.75, 3.05) is 53.4 Å². The Kier molecular flexibility index (Phi) is 6.68. The van der Waals surface area contributed by atoms with Gasteiger partial charge in [0.15, 0.2) is 11.6 Å². The molecule has 9 nitrogen and oxygen atoms in total. The maximum Gasteiger partial charge on any atom is 0.328 e. The monoisotopic (exact) mass is 535 g/mol. The first kappa shape index (κ1) is 25.6. The molecular weight excluding hydrogens is 501 g/mol. The number of nitrogens with zero attached hydrogens (tertiary/aromatic N) is 4. The van der Waals surface area contributed by atoms with Crippen LogP contribution in [0.15, 0.2) is 36.4 Å². The SMILES string of the molecule is COc1cc2c3c([nH]c2cc1F)C(Cc1cccc(O)c1)N1C(=O)N(CCCN2CCN(C)CC2)C(=O)[C@@H]1C3. The number of imide groups is 1. The van der Waals surface area contributed by atoms with Gasteiger partial charge in [-0.2, -0.15) is 0 Å². The lowest BCUT2D eigenvalue weighted by Gasteiger charge is -2.36. The van der Waals surface area contributed by atoms with E-state index in [4.69, 9.17) is 4.74 Å². The van der Waals surface area contributed by atoms with Gasteiger partial charge in [0.05, 0.1) is 13.2 Å². The second kappa shape index (κ2) is 10.2. The van der Waals surface area contributed by atoms with Gasteiger partial charge in [-0.05, 0) is 55.8 Å². The summed E-state index contributed by atoms with van der Waals surface area (Å²) in [6, 6.07) is 8.60. The lowest BCUT2D eigenvalue weighted by atomic mass is 9.89. The minimum atomic E-state index is -0.633. The van der Waals surface area contributed by atoms with Gasteiger partial charge in [-0.25, -0.2) is 9.18 Å². The van der Waals surface area contributed by atoms with Crippen LogP contribution in [0, 0.1) is 5.82 Å². The fraction of sp³-hybridized carbons (Fsp3) is 0.448. The maximum absolute atomic E-state index is 14.5. The molecule has 0 bridgehead atoms. The number of hydrogen-bond acceptors (Lipinski definition) is 6. The predicted molar refractivity (Wildman–Crippen MR) is 144 cm³/mol. The molecule has 3 aliphatic rings. The number of ether oxygens (including phenoxy) is 1. The van der Waals surface area contributed by atoms with Gasteiger partial charge in [0, 0.05) is 61.8 Å². The second-order valence-electron chi connectivity index (χ2n) is 10.8. The van der Waals surface area contributed by atoms with E-state index in [0.29, 0.717) is 24.9 Å². The average molecular weight is 536 g/mol. The zero-order valence-electron chi connectivity index (χ0n) is 22.3. The second-order valence-corrected chi connectivity index (χ2v) is 10.8. The maximum atomic E-state index is 14.5. The first-order chi connectivity index (χ1) is 18.8. The molecule has 0 aliphatic carbocycles. The van der Waals surface area contributed by atoms with E-state index in [2.05, 4.69) is 21.8 Å². The lowest BCUT2D eigenvalue weighted by molar-refractivity contribution is -0.128. The Morgan fingerprint density at radius 2 is 1.90 bits per heavy atom. The van der Waals surface area contributed by atoms with Gasteiger partial charge in [-0.15, -0.1) is 0 Å². The van der Waals surface area contributed by atoms with Crippen LogP contribution < -0.4 is 4.74 Å². The zero-order chi connectivity index (χ0) is 27.3. The molecule has 10 heteroatoms. The zero-order valence-corrected chi connectivity index (χ0v) is 22.3. The number of halogens is 1. The molecule has 0 saturated carbocycles. The molecule has 2 aromatic carbocycles. The molecule has 2 N–H and O–H groups in total. The number of aromatic hydroxyl groups is 1. The summed E-state index contributed by atoms with van der Waals surface area (Å²) in [6.07, 6.45) is 1.47. The van der Waals surface area contributed by atoms with Crippen LogP contribution in [-0.4, -0.2) is 101 Å². The number of urea groups is 1. The molecule has 1 unspecified atom stereocenters. The Morgan fingerprint density at radius 3 is 2.64 bits per heavy atom. The third-order valence-electron chi connectivity index (χ3n) is 8.41. The van der Waals surface area contributed by atoms with Crippen LogP contribution in [0.25, 0.3) is 10.9 Å². The smallest absolute Gasteiger partial charge is 0.328 e. The van der Waals surface area contributed by atoms with Crippen LogP contribution >= 0.6 is 0 Å². The number of piperazine rings is 1. The van der Waals surface area contributed by atoms with Crippen molar-refractivity contribution in [1.82, 2.24) is 24.6 Å². The Morgan fingerprint density at radius 1 is 1.10 bits per heavy atom. The number of H-pyrrole nitrogens is 1. The fourth-order valence-corrected chi connectivity index (χ4v) is 6.30. The largest absolute Gasteiger partial charge is 0.508 e. The quantitative estimate of drug-likeness (QED) is 0.452. The summed E-state index contributed by atoms with van der Waals surface area (Å²) >= 11 is 0. The van der Waals surface area contributed by atoms with E-state index in [1.165, 1.54) is 18.1 Å². The molecule has 0 spiro atoms. The Labute approximate surface area is 226 Å². The average Bonchev–Trinajstić information content (AvgIpc) is 3.39. The number of fused-ring (bicyclic) bond motifs is 4. The first-order valence-electron chi connectivity index (χ1n) is 13.5. The van der Waals surface area contributed by atoms with Crippen LogP contribution in [0.3, 0.4) is 0 Å². The number of phenolic OH excluding ortho intramolecular Hbond substituents is 1. The number of phenols is 1. The molecule has 2 saturated heterocycles. The van der Waals surface area contributed by atoms with Crippen molar-refractivity contribution in [3.05, 3.63) is 59.0 Å². The predicted octanol–water partition coefficient (Wildman–Crippen LogP) is 3.13. The highest BCUT2D eigenvalue weighted by Crippen LogP contribution is 2.43. The highest BCUT2D eigenvalue weighted by Gasteiger charge is 2.51. The number of likely N-dealkylation sites (N-methyl/N-ethyl adjacent to an activating group) is 1. The topological polar surface area (TPSA) is 92.3 Å². The number of carbonyl (C=O) groups is 2. The van der Waals surface area contributed by atoms with Crippen LogP contribution in [0.5, 0.6) is 11.5 Å². The van der Waals surface area contributed by atoms with Crippen molar-refractivity contribution in [3.8, 4) is 11.5 Å². The first-order valence-corrected chi connectivity index (χ1v) is 13.5. The number of hydrogen-bond donors (Lipinski definition) is 2. The summed E-state index contributed by atoms with van der Waals surface area (Å²) in [5.74, 6) is -0.394. The summed E-state index contributed by atoms with van der Waals surface area (Å²) in [7, 11) is 3.54. The highest BCUT2D eigenvalue weighted by molar-refractivity contribution is 6.05. The van der Waals surface area contributed by atoms with Gasteiger partial charge in [0.25, 0.3) is 5.91 Å². The van der Waals surface area contributed by atoms with E-state index < -0.39 is 17.9 Å². The Bertz CT molecular complexity index is 1420. The molecule has 1 aromatic heterocycles. The molecule has 3 aromatic rings. The number of nitrogens with one attached hydrogen (secondary N) is 1. The van der Waals surface area contributed by atoms with Crippen molar-refractivity contribution in [1.29, 1.82) is 0 Å². The highest BCUT2D eigenvalue weighted by atomic mass is 19.1. The number of aromatic amines is 1. The van der Waals surface area contributed by atoms with Crippen LogP contribution in [0.2, 0.25) is 0 Å². The van der Waals surface area contributed by atoms with Crippen molar-refractivity contribution >= 4 is 22.8 Å².